The number of amides is 1. The molecule has 0 atom stereocenters. The van der Waals surface area contributed by atoms with Crippen LogP contribution in [-0.4, -0.2) is 27.6 Å². The molecule has 0 saturated heterocycles. The average molecular weight is 291 g/mol. The molecule has 0 bridgehead atoms. The summed E-state index contributed by atoms with van der Waals surface area (Å²) in [4.78, 5) is 29.3. The molecule has 5 nitrogen and oxygen atoms in total. The van der Waals surface area contributed by atoms with Crippen molar-refractivity contribution in [3.8, 4) is 0 Å². The van der Waals surface area contributed by atoms with Crippen LogP contribution in [-0.2, 0) is 21.0 Å². The lowest BCUT2D eigenvalue weighted by molar-refractivity contribution is -0.237. The Bertz CT molecular complexity index is 494. The van der Waals surface area contributed by atoms with Gasteiger partial charge in [0, 0.05) is 6.92 Å². The Morgan fingerprint density at radius 3 is 2.33 bits per heavy atom. The summed E-state index contributed by atoms with van der Waals surface area (Å²) < 4.78 is 0. The largest absolute Gasteiger partial charge is 0.479 e. The summed E-state index contributed by atoms with van der Waals surface area (Å²) in [5, 5.41) is 10.7. The Morgan fingerprint density at radius 2 is 1.81 bits per heavy atom. The number of benzene rings is 1. The van der Waals surface area contributed by atoms with Gasteiger partial charge in [-0.25, -0.2) is 9.86 Å². The van der Waals surface area contributed by atoms with E-state index in [1.165, 1.54) is 6.92 Å². The molecule has 1 aromatic carbocycles. The van der Waals surface area contributed by atoms with Gasteiger partial charge in [-0.05, 0) is 18.4 Å². The van der Waals surface area contributed by atoms with Gasteiger partial charge in [-0.2, -0.15) is 0 Å². The van der Waals surface area contributed by atoms with Crippen molar-refractivity contribution in [3.05, 3.63) is 35.9 Å². The molecule has 1 N–H and O–H groups in total. The Morgan fingerprint density at radius 1 is 1.19 bits per heavy atom. The molecule has 1 saturated carbocycles. The number of rotatable bonds is 5. The van der Waals surface area contributed by atoms with E-state index < -0.39 is 11.5 Å². The topological polar surface area (TPSA) is 66.8 Å². The van der Waals surface area contributed by atoms with E-state index in [1.54, 1.807) is 0 Å². The molecule has 2 rings (SSSR count). The first-order valence-electron chi connectivity index (χ1n) is 7.27. The molecule has 0 heterocycles. The number of nitrogens with zero attached hydrogens (tertiary/aromatic N) is 1. The highest BCUT2D eigenvalue weighted by Gasteiger charge is 2.47. The van der Waals surface area contributed by atoms with Crippen LogP contribution in [0.1, 0.15) is 44.6 Å². The number of carbonyl (C=O) groups excluding carboxylic acids is 1. The van der Waals surface area contributed by atoms with Crippen molar-refractivity contribution < 1.29 is 19.5 Å². The molecule has 0 radical (unpaired) electrons. The number of carboxylic acids is 1. The maximum Gasteiger partial charge on any atom is 0.332 e. The maximum atomic E-state index is 11.9. The summed E-state index contributed by atoms with van der Waals surface area (Å²) in [7, 11) is 0. The third-order valence-electron chi connectivity index (χ3n) is 3.96. The van der Waals surface area contributed by atoms with E-state index >= 15 is 0 Å². The van der Waals surface area contributed by atoms with Gasteiger partial charge < -0.3 is 5.11 Å². The third-order valence-corrected chi connectivity index (χ3v) is 3.96. The van der Waals surface area contributed by atoms with E-state index in [1.807, 2.05) is 30.3 Å². The molecule has 1 aliphatic carbocycles. The van der Waals surface area contributed by atoms with Gasteiger partial charge >= 0.3 is 5.97 Å². The summed E-state index contributed by atoms with van der Waals surface area (Å²) in [6.07, 6.45) is 3.47. The molecule has 0 aliphatic heterocycles. The van der Waals surface area contributed by atoms with Gasteiger partial charge in [-0.15, -0.1) is 0 Å². The quantitative estimate of drug-likeness (QED) is 0.847. The molecule has 5 heteroatoms. The SMILES string of the molecule is CC(=O)N(OCc1ccccc1)C1(C(=O)O)CCCCC1. The second kappa shape index (κ2) is 6.72. The zero-order valence-corrected chi connectivity index (χ0v) is 12.2. The molecule has 1 fully saturated rings. The molecule has 21 heavy (non-hydrogen) atoms. The minimum absolute atomic E-state index is 0.190. The summed E-state index contributed by atoms with van der Waals surface area (Å²) in [5.41, 5.74) is -0.320. The molecule has 0 aromatic heterocycles. The second-order valence-electron chi connectivity index (χ2n) is 5.47. The zero-order valence-electron chi connectivity index (χ0n) is 12.2. The summed E-state index contributed by atoms with van der Waals surface area (Å²) >= 11 is 0. The summed E-state index contributed by atoms with van der Waals surface area (Å²) in [6, 6.07) is 9.42. The van der Waals surface area contributed by atoms with Crippen molar-refractivity contribution in [1.82, 2.24) is 5.06 Å². The smallest absolute Gasteiger partial charge is 0.332 e. The van der Waals surface area contributed by atoms with Crippen LogP contribution < -0.4 is 0 Å². The number of carbonyl (C=O) groups is 2. The van der Waals surface area contributed by atoms with Crippen LogP contribution in [0.5, 0.6) is 0 Å². The van der Waals surface area contributed by atoms with Gasteiger partial charge in [-0.1, -0.05) is 49.6 Å². The van der Waals surface area contributed by atoms with E-state index in [4.69, 9.17) is 4.84 Å². The van der Waals surface area contributed by atoms with Crippen LogP contribution in [0.2, 0.25) is 0 Å². The maximum absolute atomic E-state index is 11.9. The predicted octanol–water partition coefficient (Wildman–Crippen LogP) is 2.75. The molecule has 1 amide bonds. The fourth-order valence-electron chi connectivity index (χ4n) is 2.87. The van der Waals surface area contributed by atoms with Gasteiger partial charge in [0.05, 0.1) is 0 Å². The van der Waals surface area contributed by atoms with E-state index in [0.29, 0.717) is 12.8 Å². The highest BCUT2D eigenvalue weighted by atomic mass is 16.7. The molecule has 1 aliphatic rings. The van der Waals surface area contributed by atoms with E-state index in [0.717, 1.165) is 29.9 Å². The van der Waals surface area contributed by atoms with Crippen LogP contribution >= 0.6 is 0 Å². The molecule has 114 valence electrons. The Labute approximate surface area is 124 Å². The lowest BCUT2D eigenvalue weighted by Crippen LogP contribution is -2.57. The fraction of sp³-hybridized carbons (Fsp3) is 0.500. The minimum Gasteiger partial charge on any atom is -0.479 e. The average Bonchev–Trinajstić information content (AvgIpc) is 2.49. The monoisotopic (exact) mass is 291 g/mol. The van der Waals surface area contributed by atoms with Crippen molar-refractivity contribution in [2.45, 2.75) is 51.2 Å². The van der Waals surface area contributed by atoms with Crippen molar-refractivity contribution in [2.75, 3.05) is 0 Å². The standard InChI is InChI=1S/C16H21NO4/c1-13(18)17(21-12-14-8-4-2-5-9-14)16(15(19)20)10-6-3-7-11-16/h2,4-5,8-9H,3,6-7,10-12H2,1H3,(H,19,20). The molecular formula is C16H21NO4. The summed E-state index contributed by atoms with van der Waals surface area (Å²) in [5.74, 6) is -1.35. The van der Waals surface area contributed by atoms with Crippen molar-refractivity contribution in [3.63, 3.8) is 0 Å². The first kappa shape index (κ1) is 15.5. The fourth-order valence-corrected chi connectivity index (χ4v) is 2.87. The van der Waals surface area contributed by atoms with Crippen LogP contribution in [0.15, 0.2) is 30.3 Å². The first-order chi connectivity index (χ1) is 10.1. The third kappa shape index (κ3) is 3.42. The normalized spacial score (nSPS) is 17.2. The number of hydrogen-bond acceptors (Lipinski definition) is 3. The molecule has 1 aromatic rings. The molecular weight excluding hydrogens is 270 g/mol. The van der Waals surface area contributed by atoms with Crippen molar-refractivity contribution in [2.24, 2.45) is 0 Å². The van der Waals surface area contributed by atoms with Crippen LogP contribution in [0.4, 0.5) is 0 Å². The Balaban J connectivity index is 2.16. The van der Waals surface area contributed by atoms with Crippen LogP contribution in [0.3, 0.4) is 0 Å². The van der Waals surface area contributed by atoms with Crippen molar-refractivity contribution >= 4 is 11.9 Å². The van der Waals surface area contributed by atoms with Gasteiger partial charge in [0.2, 0.25) is 5.91 Å². The molecule has 0 spiro atoms. The van der Waals surface area contributed by atoms with Gasteiger partial charge in [0.25, 0.3) is 0 Å². The predicted molar refractivity (Wildman–Crippen MR) is 77.2 cm³/mol. The van der Waals surface area contributed by atoms with Crippen LogP contribution in [0, 0.1) is 0 Å². The molecule has 0 unspecified atom stereocenters. The summed E-state index contributed by atoms with van der Waals surface area (Å²) in [6.45, 7) is 1.54. The number of hydroxylamine groups is 2. The number of hydrogen-bond donors (Lipinski definition) is 1. The number of aliphatic carboxylic acids is 1. The zero-order chi connectivity index (χ0) is 15.3. The lowest BCUT2D eigenvalue weighted by Gasteiger charge is -2.41. The highest BCUT2D eigenvalue weighted by Crippen LogP contribution is 2.34. The van der Waals surface area contributed by atoms with Gasteiger partial charge in [-0.3, -0.25) is 9.63 Å². The van der Waals surface area contributed by atoms with E-state index in [9.17, 15) is 14.7 Å². The van der Waals surface area contributed by atoms with E-state index in [-0.39, 0.29) is 12.5 Å². The van der Waals surface area contributed by atoms with E-state index in [2.05, 4.69) is 0 Å². The highest BCUT2D eigenvalue weighted by molar-refractivity contribution is 5.85. The second-order valence-corrected chi connectivity index (χ2v) is 5.47. The van der Waals surface area contributed by atoms with Gasteiger partial charge in [0.15, 0.2) is 5.54 Å². The van der Waals surface area contributed by atoms with Crippen molar-refractivity contribution in [1.29, 1.82) is 0 Å². The van der Waals surface area contributed by atoms with Gasteiger partial charge in [0.1, 0.15) is 6.61 Å². The Kier molecular flexibility index (Phi) is 4.96. The lowest BCUT2D eigenvalue weighted by atomic mass is 9.81. The number of carboxylic acid groups (broad SMARTS) is 1. The first-order valence-corrected chi connectivity index (χ1v) is 7.27. The minimum atomic E-state index is -1.22. The Hall–Kier alpha value is -1.88. The van der Waals surface area contributed by atoms with Crippen LogP contribution in [0.25, 0.3) is 0 Å².